The molecule has 0 saturated carbocycles. The fraction of sp³-hybridized carbons (Fsp3) is 0.711. The lowest BCUT2D eigenvalue weighted by atomic mass is 9.94. The van der Waals surface area contributed by atoms with E-state index in [1.165, 1.54) is 25.3 Å². The molecule has 0 aliphatic heterocycles. The summed E-state index contributed by atoms with van der Waals surface area (Å²) in [5, 5.41) is -0.860. The summed E-state index contributed by atoms with van der Waals surface area (Å²) < 4.78 is 53.1. The van der Waals surface area contributed by atoms with E-state index in [1.807, 2.05) is 18.9 Å². The standard InChI is InChI=1S/C38H73NO7SSi4/c1-31-24-26-32(27-25-31)47(41,42)33(34(40)43-11)23-21-28-39(10)29-22-30-51(20,38(8,9)45-49(15,16)17)44-35(2,3)36(4,5)50(18,19)46-37(6,7)48(12,13)14/h21,23-28H,22,29-30H2,1-20H3/b28-21+,33-23+. The minimum absolute atomic E-state index is 0.0439. The first-order chi connectivity index (χ1) is 22.6. The molecule has 294 valence electrons. The Morgan fingerprint density at radius 3 is 1.76 bits per heavy atom. The number of esters is 1. The van der Waals surface area contributed by atoms with Crippen LogP contribution in [0.25, 0.3) is 0 Å². The number of aryl methyl sites for hydroxylation is 1. The van der Waals surface area contributed by atoms with E-state index in [-0.39, 0.29) is 15.2 Å². The quantitative estimate of drug-likeness (QED) is 0.0592. The highest BCUT2D eigenvalue weighted by Crippen LogP contribution is 2.53. The van der Waals surface area contributed by atoms with Crippen LogP contribution in [0.3, 0.4) is 0 Å². The SMILES string of the molecule is COC(=O)/C(=C\C=C\N(C)CCC[Si](C)(OC(C)(C)C(C)(C)[Si](C)(C)OC(C)(C)[Si](C)(C)C)C(C)(C)O[Si](C)(C)C)S(=O)(=O)c1ccc(C)cc1. The van der Waals surface area contributed by atoms with Gasteiger partial charge in [0.15, 0.2) is 21.5 Å². The summed E-state index contributed by atoms with van der Waals surface area (Å²) in [7, 11) is -9.45. The third-order valence-electron chi connectivity index (χ3n) is 11.4. The van der Waals surface area contributed by atoms with Gasteiger partial charge in [-0.25, -0.2) is 13.2 Å². The molecule has 1 atom stereocenters. The number of nitrogens with zero attached hydrogens (tertiary/aromatic N) is 1. The minimum Gasteiger partial charge on any atom is -0.465 e. The average molecular weight is 800 g/mol. The Morgan fingerprint density at radius 1 is 0.804 bits per heavy atom. The second-order valence-corrected chi connectivity index (χ2v) is 39.7. The summed E-state index contributed by atoms with van der Waals surface area (Å²) in [6, 6.07) is 7.27. The monoisotopic (exact) mass is 799 g/mol. The molecule has 1 aromatic rings. The molecule has 0 radical (unpaired) electrons. The Kier molecular flexibility index (Phi) is 15.5. The van der Waals surface area contributed by atoms with Crippen molar-refractivity contribution in [3.63, 3.8) is 0 Å². The highest BCUT2D eigenvalue weighted by molar-refractivity contribution is 7.96. The Bertz CT molecular complexity index is 1500. The normalized spacial score (nSPS) is 16.0. The molecule has 1 aromatic carbocycles. The molecule has 0 aliphatic carbocycles. The van der Waals surface area contributed by atoms with Crippen molar-refractivity contribution in [3.05, 3.63) is 53.1 Å². The van der Waals surface area contributed by atoms with Crippen molar-refractivity contribution in [3.8, 4) is 0 Å². The number of methoxy groups -OCH3 is 1. The maximum absolute atomic E-state index is 13.3. The van der Waals surface area contributed by atoms with Gasteiger partial charge in [0.05, 0.1) is 30.9 Å². The molecule has 0 saturated heterocycles. The van der Waals surface area contributed by atoms with Crippen LogP contribution in [0.1, 0.15) is 67.4 Å². The van der Waals surface area contributed by atoms with Crippen LogP contribution in [-0.2, 0) is 32.6 Å². The largest absolute Gasteiger partial charge is 0.465 e. The van der Waals surface area contributed by atoms with Crippen LogP contribution in [-0.4, -0.2) is 89.1 Å². The predicted octanol–water partition coefficient (Wildman–Crippen LogP) is 9.86. The number of carbonyl (C=O) groups is 1. The fourth-order valence-electron chi connectivity index (χ4n) is 5.91. The van der Waals surface area contributed by atoms with Crippen molar-refractivity contribution in [1.82, 2.24) is 4.90 Å². The van der Waals surface area contributed by atoms with E-state index in [0.29, 0.717) is 6.54 Å². The molecule has 51 heavy (non-hydrogen) atoms. The van der Waals surface area contributed by atoms with Crippen LogP contribution in [0, 0.1) is 6.92 Å². The fourth-order valence-corrected chi connectivity index (χ4v) is 18.8. The second-order valence-electron chi connectivity index (χ2n) is 18.8. The van der Waals surface area contributed by atoms with Gasteiger partial charge in [0, 0.05) is 23.9 Å². The zero-order valence-electron chi connectivity index (χ0n) is 35.9. The van der Waals surface area contributed by atoms with E-state index in [9.17, 15) is 13.2 Å². The van der Waals surface area contributed by atoms with E-state index in [4.69, 9.17) is 18.0 Å². The van der Waals surface area contributed by atoms with Crippen molar-refractivity contribution in [2.24, 2.45) is 0 Å². The molecule has 13 heteroatoms. The molecule has 0 heterocycles. The van der Waals surface area contributed by atoms with Crippen molar-refractivity contribution < 1.29 is 31.2 Å². The van der Waals surface area contributed by atoms with Gasteiger partial charge in [-0.2, -0.15) is 0 Å². The molecule has 0 bridgehead atoms. The highest BCUT2D eigenvalue weighted by atomic mass is 32.2. The summed E-state index contributed by atoms with van der Waals surface area (Å²) in [5.41, 5.74) is 0.427. The maximum atomic E-state index is 13.3. The molecule has 0 fully saturated rings. The molecule has 1 rings (SSSR count). The highest BCUT2D eigenvalue weighted by Gasteiger charge is 2.59. The Hall–Kier alpha value is -1.33. The van der Waals surface area contributed by atoms with Crippen molar-refractivity contribution >= 4 is 48.8 Å². The van der Waals surface area contributed by atoms with Crippen LogP contribution in [0.5, 0.6) is 0 Å². The van der Waals surface area contributed by atoms with Crippen LogP contribution in [0.15, 0.2) is 52.4 Å². The molecule has 0 N–H and O–H groups in total. The zero-order valence-corrected chi connectivity index (χ0v) is 40.7. The predicted molar refractivity (Wildman–Crippen MR) is 225 cm³/mol. The average Bonchev–Trinajstić information content (AvgIpc) is 2.92. The molecule has 0 amide bonds. The lowest BCUT2D eigenvalue weighted by molar-refractivity contribution is -0.135. The van der Waals surface area contributed by atoms with Gasteiger partial charge in [-0.1, -0.05) is 51.2 Å². The second kappa shape index (κ2) is 16.6. The number of benzene rings is 1. The van der Waals surface area contributed by atoms with E-state index in [1.54, 1.807) is 24.4 Å². The lowest BCUT2D eigenvalue weighted by Gasteiger charge is -2.57. The van der Waals surface area contributed by atoms with E-state index in [0.717, 1.165) is 18.0 Å². The van der Waals surface area contributed by atoms with Gasteiger partial charge >= 0.3 is 5.97 Å². The zero-order chi connectivity index (χ0) is 40.3. The number of rotatable bonds is 19. The molecule has 1 unspecified atom stereocenters. The smallest absolute Gasteiger partial charge is 0.349 e. The van der Waals surface area contributed by atoms with Gasteiger partial charge in [-0.3, -0.25) is 0 Å². The topological polar surface area (TPSA) is 91.4 Å². The molecule has 8 nitrogen and oxygen atoms in total. The third kappa shape index (κ3) is 12.1. The van der Waals surface area contributed by atoms with Crippen LogP contribution >= 0.6 is 0 Å². The number of allylic oxidation sites excluding steroid dienone is 2. The summed E-state index contributed by atoms with van der Waals surface area (Å²) in [5.74, 6) is -0.905. The molecule has 0 aromatic heterocycles. The number of hydrogen-bond acceptors (Lipinski definition) is 8. The minimum atomic E-state index is -4.06. The van der Waals surface area contributed by atoms with Crippen LogP contribution < -0.4 is 0 Å². The summed E-state index contributed by atoms with van der Waals surface area (Å²) >= 11 is 0. The van der Waals surface area contributed by atoms with E-state index in [2.05, 4.69) is 114 Å². The van der Waals surface area contributed by atoms with E-state index >= 15 is 0 Å². The first kappa shape index (κ1) is 47.7. The van der Waals surface area contributed by atoms with Crippen LogP contribution in [0.4, 0.5) is 0 Å². The molecular weight excluding hydrogens is 727 g/mol. The number of hydrogen-bond donors (Lipinski definition) is 0. The Balaban J connectivity index is 3.39. The van der Waals surface area contributed by atoms with Gasteiger partial charge in [-0.15, -0.1) is 0 Å². The molecule has 0 aliphatic rings. The van der Waals surface area contributed by atoms with Crippen LogP contribution in [0.2, 0.25) is 70.0 Å². The Labute approximate surface area is 317 Å². The van der Waals surface area contributed by atoms with Crippen molar-refractivity contribution in [2.75, 3.05) is 20.7 Å². The maximum Gasteiger partial charge on any atom is 0.349 e. The van der Waals surface area contributed by atoms with Gasteiger partial charge in [0.2, 0.25) is 18.2 Å². The number of ether oxygens (including phenoxy) is 1. The summed E-state index contributed by atoms with van der Waals surface area (Å²) in [6.07, 6.45) is 5.53. The number of sulfone groups is 1. The molecule has 0 spiro atoms. The van der Waals surface area contributed by atoms with Crippen molar-refractivity contribution in [2.45, 2.75) is 160 Å². The molecular formula is C38H73NO7SSi4. The summed E-state index contributed by atoms with van der Waals surface area (Å²) in [6.45, 7) is 41.5. The van der Waals surface area contributed by atoms with Gasteiger partial charge in [0.25, 0.3) is 0 Å². The van der Waals surface area contributed by atoms with Crippen molar-refractivity contribution in [1.29, 1.82) is 0 Å². The van der Waals surface area contributed by atoms with E-state index < -0.39 is 64.6 Å². The summed E-state index contributed by atoms with van der Waals surface area (Å²) in [4.78, 5) is 14.2. The number of carbonyl (C=O) groups excluding carboxylic acids is 1. The lowest BCUT2D eigenvalue weighted by Crippen LogP contribution is -2.67. The van der Waals surface area contributed by atoms with Gasteiger partial charge in [0.1, 0.15) is 0 Å². The first-order valence-corrected chi connectivity index (χ1v) is 32.1. The third-order valence-corrected chi connectivity index (χ3v) is 28.0. The van der Waals surface area contributed by atoms with Gasteiger partial charge in [-0.05, 0) is 131 Å². The Morgan fingerprint density at radius 2 is 1.31 bits per heavy atom. The van der Waals surface area contributed by atoms with Gasteiger partial charge < -0.3 is 22.9 Å². The first-order valence-electron chi connectivity index (χ1n) is 18.2.